The van der Waals surface area contributed by atoms with Crippen molar-refractivity contribution in [1.82, 2.24) is 10.2 Å². The number of amides is 1. The first-order valence-corrected chi connectivity index (χ1v) is 6.99. The molecule has 2 aliphatic heterocycles. The molecule has 4 nitrogen and oxygen atoms in total. The van der Waals surface area contributed by atoms with Gasteiger partial charge in [-0.05, 0) is 57.7 Å². The minimum absolute atomic E-state index is 0.0515. The molecule has 2 heterocycles. The number of carbonyl (C=O) groups is 1. The fourth-order valence-electron chi connectivity index (χ4n) is 3.51. The zero-order chi connectivity index (χ0) is 12.3. The molecule has 0 aromatic carbocycles. The summed E-state index contributed by atoms with van der Waals surface area (Å²) in [5.74, 6) is 0.558. The molecule has 3 atom stereocenters. The van der Waals surface area contributed by atoms with Gasteiger partial charge < -0.3 is 11.1 Å². The summed E-state index contributed by atoms with van der Waals surface area (Å²) in [5, 5.41) is 3.48. The van der Waals surface area contributed by atoms with E-state index in [9.17, 15) is 4.79 Å². The number of primary amides is 1. The average Bonchev–Trinajstić information content (AvgIpc) is 2.80. The Morgan fingerprint density at radius 1 is 1.47 bits per heavy atom. The molecule has 4 heteroatoms. The van der Waals surface area contributed by atoms with E-state index in [2.05, 4.69) is 17.1 Å². The standard InChI is InChI=1S/C13H25N3O/c1-2-11(13(14)17)16-8-4-6-12(16)10-5-3-7-15-9-10/h10-12,15H,2-9H2,1H3,(H2,14,17). The van der Waals surface area contributed by atoms with Crippen molar-refractivity contribution < 1.29 is 4.79 Å². The molecule has 0 aromatic rings. The SMILES string of the molecule is CCC(C(N)=O)N1CCCC1C1CCCNC1. The third-order valence-electron chi connectivity index (χ3n) is 4.34. The van der Waals surface area contributed by atoms with Crippen molar-refractivity contribution >= 4 is 5.91 Å². The molecule has 17 heavy (non-hydrogen) atoms. The fourth-order valence-corrected chi connectivity index (χ4v) is 3.51. The molecule has 2 fully saturated rings. The molecule has 2 rings (SSSR count). The van der Waals surface area contributed by atoms with Crippen LogP contribution in [0.1, 0.15) is 39.0 Å². The van der Waals surface area contributed by atoms with Crippen molar-refractivity contribution in [2.24, 2.45) is 11.7 Å². The smallest absolute Gasteiger partial charge is 0.234 e. The van der Waals surface area contributed by atoms with Gasteiger partial charge in [0.2, 0.25) is 5.91 Å². The lowest BCUT2D eigenvalue weighted by Crippen LogP contribution is -2.51. The lowest BCUT2D eigenvalue weighted by Gasteiger charge is -2.37. The summed E-state index contributed by atoms with van der Waals surface area (Å²) in [5.41, 5.74) is 5.52. The van der Waals surface area contributed by atoms with Gasteiger partial charge in [0.05, 0.1) is 6.04 Å². The Bertz CT molecular complexity index is 263. The molecule has 0 spiro atoms. The lowest BCUT2D eigenvalue weighted by molar-refractivity contribution is -0.124. The Hall–Kier alpha value is -0.610. The number of likely N-dealkylation sites (tertiary alicyclic amines) is 1. The molecule has 3 N–H and O–H groups in total. The first kappa shape index (κ1) is 12.8. The van der Waals surface area contributed by atoms with Crippen molar-refractivity contribution in [1.29, 1.82) is 0 Å². The van der Waals surface area contributed by atoms with Crippen molar-refractivity contribution in [3.8, 4) is 0 Å². The van der Waals surface area contributed by atoms with E-state index >= 15 is 0 Å². The summed E-state index contributed by atoms with van der Waals surface area (Å²) in [6.07, 6.45) is 5.85. The number of rotatable bonds is 4. The maximum Gasteiger partial charge on any atom is 0.234 e. The summed E-state index contributed by atoms with van der Waals surface area (Å²) in [6, 6.07) is 0.518. The summed E-state index contributed by atoms with van der Waals surface area (Å²) in [7, 11) is 0. The zero-order valence-electron chi connectivity index (χ0n) is 10.8. The molecule has 0 aliphatic carbocycles. The van der Waals surface area contributed by atoms with E-state index in [4.69, 9.17) is 5.73 Å². The minimum atomic E-state index is -0.150. The third kappa shape index (κ3) is 2.80. The maximum atomic E-state index is 11.5. The first-order valence-electron chi connectivity index (χ1n) is 6.99. The van der Waals surface area contributed by atoms with Crippen LogP contribution < -0.4 is 11.1 Å². The monoisotopic (exact) mass is 239 g/mol. The van der Waals surface area contributed by atoms with E-state index in [-0.39, 0.29) is 11.9 Å². The second-order valence-electron chi connectivity index (χ2n) is 5.38. The predicted octanol–water partition coefficient (Wildman–Crippen LogP) is 0.714. The van der Waals surface area contributed by atoms with Crippen LogP contribution in [0.2, 0.25) is 0 Å². The molecular formula is C13H25N3O. The van der Waals surface area contributed by atoms with Crippen LogP contribution >= 0.6 is 0 Å². The van der Waals surface area contributed by atoms with Crippen molar-refractivity contribution in [2.45, 2.75) is 51.1 Å². The summed E-state index contributed by atoms with van der Waals surface area (Å²) in [4.78, 5) is 13.9. The lowest BCUT2D eigenvalue weighted by atomic mass is 9.89. The number of nitrogens with zero attached hydrogens (tertiary/aromatic N) is 1. The molecule has 0 saturated carbocycles. The molecule has 0 aromatic heterocycles. The van der Waals surface area contributed by atoms with Crippen LogP contribution in [0.4, 0.5) is 0 Å². The second kappa shape index (κ2) is 5.83. The van der Waals surface area contributed by atoms with E-state index in [0.29, 0.717) is 12.0 Å². The maximum absolute atomic E-state index is 11.5. The van der Waals surface area contributed by atoms with Crippen LogP contribution in [0.25, 0.3) is 0 Å². The van der Waals surface area contributed by atoms with Crippen molar-refractivity contribution in [2.75, 3.05) is 19.6 Å². The number of piperidine rings is 1. The van der Waals surface area contributed by atoms with Crippen LogP contribution in [0, 0.1) is 5.92 Å². The van der Waals surface area contributed by atoms with Gasteiger partial charge in [0, 0.05) is 6.04 Å². The van der Waals surface area contributed by atoms with Gasteiger partial charge in [-0.2, -0.15) is 0 Å². The van der Waals surface area contributed by atoms with Crippen LogP contribution in [-0.4, -0.2) is 42.5 Å². The highest BCUT2D eigenvalue weighted by atomic mass is 16.1. The van der Waals surface area contributed by atoms with Gasteiger partial charge in [0.15, 0.2) is 0 Å². The molecule has 0 radical (unpaired) electrons. The van der Waals surface area contributed by atoms with Crippen LogP contribution in [0.3, 0.4) is 0 Å². The molecule has 2 saturated heterocycles. The van der Waals surface area contributed by atoms with E-state index in [0.717, 1.165) is 26.1 Å². The number of nitrogens with one attached hydrogen (secondary N) is 1. The van der Waals surface area contributed by atoms with Gasteiger partial charge in [-0.3, -0.25) is 9.69 Å². The average molecular weight is 239 g/mol. The Labute approximate surface area is 104 Å². The Morgan fingerprint density at radius 3 is 2.88 bits per heavy atom. The first-order chi connectivity index (χ1) is 8.24. The number of hydrogen-bond acceptors (Lipinski definition) is 3. The van der Waals surface area contributed by atoms with Crippen molar-refractivity contribution in [3.63, 3.8) is 0 Å². The van der Waals surface area contributed by atoms with E-state index < -0.39 is 0 Å². The molecule has 98 valence electrons. The molecule has 2 aliphatic rings. The Kier molecular flexibility index (Phi) is 4.40. The van der Waals surface area contributed by atoms with E-state index in [1.165, 1.54) is 25.7 Å². The zero-order valence-corrected chi connectivity index (χ0v) is 10.8. The highest BCUT2D eigenvalue weighted by Gasteiger charge is 2.37. The van der Waals surface area contributed by atoms with Gasteiger partial charge in [-0.15, -0.1) is 0 Å². The highest BCUT2D eigenvalue weighted by Crippen LogP contribution is 2.30. The number of hydrogen-bond donors (Lipinski definition) is 2. The van der Waals surface area contributed by atoms with Gasteiger partial charge in [-0.25, -0.2) is 0 Å². The molecular weight excluding hydrogens is 214 g/mol. The minimum Gasteiger partial charge on any atom is -0.368 e. The van der Waals surface area contributed by atoms with Crippen LogP contribution in [0.5, 0.6) is 0 Å². The summed E-state index contributed by atoms with van der Waals surface area (Å²) < 4.78 is 0. The fraction of sp³-hybridized carbons (Fsp3) is 0.923. The van der Waals surface area contributed by atoms with Gasteiger partial charge in [-0.1, -0.05) is 6.92 Å². The van der Waals surface area contributed by atoms with E-state index in [1.54, 1.807) is 0 Å². The topological polar surface area (TPSA) is 58.4 Å². The quantitative estimate of drug-likeness (QED) is 0.760. The second-order valence-corrected chi connectivity index (χ2v) is 5.38. The Balaban J connectivity index is 2.02. The normalized spacial score (nSPS) is 32.5. The summed E-state index contributed by atoms with van der Waals surface area (Å²) >= 11 is 0. The van der Waals surface area contributed by atoms with E-state index in [1.807, 2.05) is 0 Å². The predicted molar refractivity (Wildman–Crippen MR) is 68.6 cm³/mol. The third-order valence-corrected chi connectivity index (χ3v) is 4.34. The van der Waals surface area contributed by atoms with Gasteiger partial charge in [0.1, 0.15) is 0 Å². The largest absolute Gasteiger partial charge is 0.368 e. The summed E-state index contributed by atoms with van der Waals surface area (Å²) in [6.45, 7) is 5.36. The van der Waals surface area contributed by atoms with Gasteiger partial charge in [0.25, 0.3) is 0 Å². The number of carbonyl (C=O) groups excluding carboxylic acids is 1. The van der Waals surface area contributed by atoms with Crippen molar-refractivity contribution in [3.05, 3.63) is 0 Å². The molecule has 0 bridgehead atoms. The van der Waals surface area contributed by atoms with Gasteiger partial charge >= 0.3 is 0 Å². The molecule has 1 amide bonds. The highest BCUT2D eigenvalue weighted by molar-refractivity contribution is 5.79. The van der Waals surface area contributed by atoms with Crippen LogP contribution in [-0.2, 0) is 4.79 Å². The molecule has 3 unspecified atom stereocenters. The number of nitrogens with two attached hydrogens (primary N) is 1. The van der Waals surface area contributed by atoms with Crippen LogP contribution in [0.15, 0.2) is 0 Å². The Morgan fingerprint density at radius 2 is 2.29 bits per heavy atom.